The third-order valence-electron chi connectivity index (χ3n) is 8.72. The number of carbonyl (C=O) groups excluding carboxylic acids is 4. The quantitative estimate of drug-likeness (QED) is 0.409. The first-order chi connectivity index (χ1) is 19.4. The monoisotopic (exact) mass is 578 g/mol. The zero-order valence-corrected chi connectivity index (χ0v) is 23.5. The highest BCUT2D eigenvalue weighted by molar-refractivity contribution is 6.35. The van der Waals surface area contributed by atoms with Crippen LogP contribution in [0.4, 0.5) is 18.9 Å². The van der Waals surface area contributed by atoms with Crippen LogP contribution in [0.5, 0.6) is 0 Å². The van der Waals surface area contributed by atoms with Gasteiger partial charge in [0.15, 0.2) is 0 Å². The fraction of sp³-hybridized carbons (Fsp3) is 0.258. The lowest BCUT2D eigenvalue weighted by atomic mass is 9.74. The smallest absolute Gasteiger partial charge is 0.402 e. The Hall–Kier alpha value is -4.80. The number of rotatable bonds is 4. The second-order valence-corrected chi connectivity index (χ2v) is 10.8. The molecule has 1 unspecified atom stereocenters. The minimum Gasteiger partial charge on any atom is -0.478 e. The van der Waals surface area contributed by atoms with Crippen molar-refractivity contribution >= 4 is 35.3 Å². The SMILES string of the molecule is Cc1c(C)c(C(=O)O)c(C)c(N2C(=O)c3ccc(C(C)(c4ccc5c(c4)C(=O)N(C)C5=O)C(F)(F)F)cc3C2=O)c1C. The number of carboxylic acids is 1. The summed E-state index contributed by atoms with van der Waals surface area (Å²) in [6.07, 6.45) is -4.92. The van der Waals surface area contributed by atoms with Gasteiger partial charge in [0.2, 0.25) is 0 Å². The average Bonchev–Trinajstić information content (AvgIpc) is 3.30. The van der Waals surface area contributed by atoms with Crippen LogP contribution in [-0.4, -0.2) is 52.8 Å². The molecule has 5 rings (SSSR count). The zero-order valence-electron chi connectivity index (χ0n) is 23.5. The van der Waals surface area contributed by atoms with E-state index in [1.54, 1.807) is 20.8 Å². The lowest BCUT2D eigenvalue weighted by molar-refractivity contribution is -0.173. The minimum atomic E-state index is -4.92. The number of carbonyl (C=O) groups is 5. The van der Waals surface area contributed by atoms with Crippen molar-refractivity contribution in [1.29, 1.82) is 0 Å². The number of benzene rings is 3. The number of hydrogen-bond acceptors (Lipinski definition) is 5. The number of carboxylic acid groups (broad SMARTS) is 1. The molecule has 2 aliphatic rings. The molecule has 0 saturated heterocycles. The third kappa shape index (κ3) is 3.65. The van der Waals surface area contributed by atoms with Gasteiger partial charge in [-0.25, -0.2) is 9.69 Å². The van der Waals surface area contributed by atoms with Gasteiger partial charge in [-0.15, -0.1) is 0 Å². The molecule has 2 aliphatic heterocycles. The first-order valence-corrected chi connectivity index (χ1v) is 12.9. The molecule has 216 valence electrons. The largest absolute Gasteiger partial charge is 0.478 e. The van der Waals surface area contributed by atoms with Gasteiger partial charge in [-0.3, -0.25) is 24.1 Å². The number of hydrogen-bond donors (Lipinski definition) is 1. The molecule has 11 heteroatoms. The normalized spacial score (nSPS) is 16.2. The fourth-order valence-electron chi connectivity index (χ4n) is 5.90. The van der Waals surface area contributed by atoms with Crippen LogP contribution in [0.3, 0.4) is 0 Å². The van der Waals surface area contributed by atoms with Crippen molar-refractivity contribution in [1.82, 2.24) is 4.90 Å². The highest BCUT2D eigenvalue weighted by Crippen LogP contribution is 2.48. The molecule has 0 bridgehead atoms. The van der Waals surface area contributed by atoms with Crippen molar-refractivity contribution in [3.05, 3.63) is 97.6 Å². The predicted octanol–water partition coefficient (Wildman–Crippen LogP) is 5.51. The van der Waals surface area contributed by atoms with Crippen LogP contribution in [0.25, 0.3) is 0 Å². The summed E-state index contributed by atoms with van der Waals surface area (Å²) in [7, 11) is 1.24. The van der Waals surface area contributed by atoms with Crippen LogP contribution in [0, 0.1) is 27.7 Å². The van der Waals surface area contributed by atoms with Gasteiger partial charge in [-0.05, 0) is 92.3 Å². The average molecular weight is 579 g/mol. The molecule has 1 atom stereocenters. The summed E-state index contributed by atoms with van der Waals surface area (Å²) in [6.45, 7) is 7.30. The van der Waals surface area contributed by atoms with Gasteiger partial charge in [0.05, 0.1) is 33.5 Å². The molecule has 42 heavy (non-hydrogen) atoms. The van der Waals surface area contributed by atoms with E-state index >= 15 is 0 Å². The topological polar surface area (TPSA) is 112 Å². The highest BCUT2D eigenvalue weighted by Gasteiger charge is 2.55. The molecular weight excluding hydrogens is 553 g/mol. The van der Waals surface area contributed by atoms with E-state index in [0.717, 1.165) is 47.1 Å². The summed E-state index contributed by atoms with van der Waals surface area (Å²) < 4.78 is 44.6. The van der Waals surface area contributed by atoms with E-state index < -0.39 is 41.2 Å². The predicted molar refractivity (Wildman–Crippen MR) is 145 cm³/mol. The van der Waals surface area contributed by atoms with Crippen LogP contribution in [0.1, 0.15) is 92.1 Å². The maximum absolute atomic E-state index is 14.9. The number of amides is 4. The number of imide groups is 2. The number of alkyl halides is 3. The number of aromatic carboxylic acids is 1. The van der Waals surface area contributed by atoms with E-state index in [1.165, 1.54) is 20.0 Å². The van der Waals surface area contributed by atoms with Crippen molar-refractivity contribution in [2.75, 3.05) is 11.9 Å². The summed E-state index contributed by atoms with van der Waals surface area (Å²) in [5.74, 6) is -4.27. The van der Waals surface area contributed by atoms with Crippen molar-refractivity contribution in [3.8, 4) is 0 Å². The Morgan fingerprint density at radius 2 is 1.14 bits per heavy atom. The number of anilines is 1. The van der Waals surface area contributed by atoms with Crippen LogP contribution in [0.15, 0.2) is 36.4 Å². The summed E-state index contributed by atoms with van der Waals surface area (Å²) in [5, 5.41) is 9.81. The van der Waals surface area contributed by atoms with Crippen molar-refractivity contribution in [2.24, 2.45) is 0 Å². The van der Waals surface area contributed by atoms with Gasteiger partial charge in [-0.1, -0.05) is 12.1 Å². The summed E-state index contributed by atoms with van der Waals surface area (Å²) in [6, 6.07) is 6.60. The summed E-state index contributed by atoms with van der Waals surface area (Å²) in [4.78, 5) is 65.7. The lowest BCUT2D eigenvalue weighted by Gasteiger charge is -2.33. The first-order valence-electron chi connectivity index (χ1n) is 12.9. The standard InChI is InChI=1S/C31H25F3N2O6/c1-13-14(2)23(29(41)42)16(4)24(15(13)3)36-27(39)20-10-8-18(12-22(20)28(36)40)30(5,31(32,33)34)17-7-9-19-21(11-17)26(38)35(6)25(19)37/h7-12H,1-6H3,(H,41,42). The van der Waals surface area contributed by atoms with Crippen LogP contribution in [-0.2, 0) is 5.41 Å². The maximum atomic E-state index is 14.9. The van der Waals surface area contributed by atoms with Crippen LogP contribution in [0.2, 0.25) is 0 Å². The van der Waals surface area contributed by atoms with E-state index in [2.05, 4.69) is 0 Å². The molecule has 1 N–H and O–H groups in total. The molecular formula is C31H25F3N2O6. The van der Waals surface area contributed by atoms with E-state index in [1.807, 2.05) is 0 Å². The molecule has 0 saturated carbocycles. The van der Waals surface area contributed by atoms with Crippen molar-refractivity contribution < 1.29 is 42.3 Å². The van der Waals surface area contributed by atoms with Gasteiger partial charge >= 0.3 is 12.1 Å². The van der Waals surface area contributed by atoms with Gasteiger partial charge in [0.25, 0.3) is 23.6 Å². The van der Waals surface area contributed by atoms with Crippen LogP contribution >= 0.6 is 0 Å². The molecule has 0 aromatic heterocycles. The van der Waals surface area contributed by atoms with E-state index in [-0.39, 0.29) is 50.2 Å². The Bertz CT molecular complexity index is 1810. The molecule has 3 aromatic carbocycles. The lowest BCUT2D eigenvalue weighted by Crippen LogP contribution is -2.41. The van der Waals surface area contributed by atoms with E-state index in [4.69, 9.17) is 0 Å². The Morgan fingerprint density at radius 3 is 1.64 bits per heavy atom. The Morgan fingerprint density at radius 1 is 0.690 bits per heavy atom. The number of nitrogens with zero attached hydrogens (tertiary/aromatic N) is 2. The minimum absolute atomic E-state index is 0.0130. The van der Waals surface area contributed by atoms with Gasteiger partial charge in [0.1, 0.15) is 5.41 Å². The molecule has 0 spiro atoms. The van der Waals surface area contributed by atoms with E-state index in [9.17, 15) is 42.3 Å². The number of fused-ring (bicyclic) bond motifs is 2. The Kier molecular flexibility index (Phi) is 6.22. The molecule has 3 aromatic rings. The zero-order chi connectivity index (χ0) is 31.2. The molecule has 2 heterocycles. The van der Waals surface area contributed by atoms with Crippen LogP contribution < -0.4 is 4.90 Å². The molecule has 0 radical (unpaired) electrons. The third-order valence-corrected chi connectivity index (χ3v) is 8.72. The second-order valence-electron chi connectivity index (χ2n) is 10.8. The fourth-order valence-corrected chi connectivity index (χ4v) is 5.90. The maximum Gasteiger partial charge on any atom is 0.402 e. The number of halogens is 3. The summed E-state index contributed by atoms with van der Waals surface area (Å²) >= 11 is 0. The van der Waals surface area contributed by atoms with Gasteiger partial charge in [-0.2, -0.15) is 13.2 Å². The Labute approximate surface area is 238 Å². The molecule has 4 amide bonds. The first kappa shape index (κ1) is 28.7. The summed E-state index contributed by atoms with van der Waals surface area (Å²) in [5.41, 5.74) is -2.27. The molecule has 0 fully saturated rings. The van der Waals surface area contributed by atoms with Gasteiger partial charge in [0, 0.05) is 7.05 Å². The van der Waals surface area contributed by atoms with Gasteiger partial charge < -0.3 is 5.11 Å². The van der Waals surface area contributed by atoms with Crippen molar-refractivity contribution in [2.45, 2.75) is 46.2 Å². The highest BCUT2D eigenvalue weighted by atomic mass is 19.4. The Balaban J connectivity index is 1.67. The van der Waals surface area contributed by atoms with Crippen molar-refractivity contribution in [3.63, 3.8) is 0 Å². The second kappa shape index (κ2) is 9.10. The van der Waals surface area contributed by atoms with E-state index in [0.29, 0.717) is 16.7 Å². The molecule has 8 nitrogen and oxygen atoms in total. The molecule has 0 aliphatic carbocycles.